The van der Waals surface area contributed by atoms with E-state index >= 15 is 0 Å². The van der Waals surface area contributed by atoms with Crippen molar-refractivity contribution in [2.45, 2.75) is 46.4 Å². The summed E-state index contributed by atoms with van der Waals surface area (Å²) >= 11 is 0. The molecule has 2 aromatic carbocycles. The van der Waals surface area contributed by atoms with Gasteiger partial charge in [0.25, 0.3) is 0 Å². The van der Waals surface area contributed by atoms with Crippen molar-refractivity contribution in [3.63, 3.8) is 0 Å². The first kappa shape index (κ1) is 20.1. The molecule has 1 atom stereocenters. The molecule has 1 aromatic heterocycles. The SMILES string of the molecule is C=C(C)c1cccc2c1CB1C=CNC1C2.CC.Cc1ccc2cc[nH]c2c1. The van der Waals surface area contributed by atoms with E-state index in [1.807, 2.05) is 20.0 Å². The molecule has 0 saturated carbocycles. The van der Waals surface area contributed by atoms with E-state index in [1.165, 1.54) is 38.7 Å². The lowest BCUT2D eigenvalue weighted by Gasteiger charge is -2.27. The zero-order chi connectivity index (χ0) is 20.1. The second-order valence-electron chi connectivity index (χ2n) is 7.50. The van der Waals surface area contributed by atoms with Gasteiger partial charge in [0.15, 0.2) is 6.71 Å². The van der Waals surface area contributed by atoms with E-state index in [0.29, 0.717) is 12.7 Å². The molecule has 0 saturated heterocycles. The largest absolute Gasteiger partial charge is 0.396 e. The van der Waals surface area contributed by atoms with Gasteiger partial charge in [0.2, 0.25) is 0 Å². The van der Waals surface area contributed by atoms with Crippen LogP contribution in [0.1, 0.15) is 43.0 Å². The number of aryl methyl sites for hydroxylation is 1. The third-order valence-electron chi connectivity index (χ3n) is 5.49. The summed E-state index contributed by atoms with van der Waals surface area (Å²) in [5.74, 6) is 2.93. The predicted octanol–water partition coefficient (Wildman–Crippen LogP) is 5.92. The topological polar surface area (TPSA) is 27.8 Å². The third-order valence-corrected chi connectivity index (χ3v) is 5.49. The zero-order valence-electron chi connectivity index (χ0n) is 17.5. The van der Waals surface area contributed by atoms with Crippen molar-refractivity contribution in [1.29, 1.82) is 0 Å². The quantitative estimate of drug-likeness (QED) is 0.512. The van der Waals surface area contributed by atoms with Gasteiger partial charge in [-0.1, -0.05) is 62.3 Å². The molecule has 0 aliphatic carbocycles. The van der Waals surface area contributed by atoms with Crippen molar-refractivity contribution in [2.75, 3.05) is 0 Å². The number of fused-ring (bicyclic) bond motifs is 3. The third kappa shape index (κ3) is 4.25. The fraction of sp³-hybridized carbons (Fsp3) is 0.280. The van der Waals surface area contributed by atoms with Gasteiger partial charge >= 0.3 is 0 Å². The maximum absolute atomic E-state index is 4.09. The number of aromatic amines is 1. The Hall–Kier alpha value is -2.68. The van der Waals surface area contributed by atoms with Crippen molar-refractivity contribution in [3.05, 3.63) is 89.7 Å². The number of aromatic nitrogens is 1. The van der Waals surface area contributed by atoms with E-state index in [2.05, 4.69) is 85.4 Å². The lowest BCUT2D eigenvalue weighted by molar-refractivity contribution is 0.738. The van der Waals surface area contributed by atoms with Gasteiger partial charge in [-0.05, 0) is 72.6 Å². The van der Waals surface area contributed by atoms with E-state index in [4.69, 9.17) is 0 Å². The van der Waals surface area contributed by atoms with Crippen LogP contribution in [0, 0.1) is 6.92 Å². The first-order chi connectivity index (χ1) is 13.6. The number of H-pyrrole nitrogens is 1. The highest BCUT2D eigenvalue weighted by molar-refractivity contribution is 6.66. The highest BCUT2D eigenvalue weighted by Crippen LogP contribution is 2.29. The minimum Gasteiger partial charge on any atom is -0.396 e. The van der Waals surface area contributed by atoms with Gasteiger partial charge in [0.1, 0.15) is 0 Å². The molecule has 0 spiro atoms. The highest BCUT2D eigenvalue weighted by atomic mass is 14.9. The summed E-state index contributed by atoms with van der Waals surface area (Å²) in [6, 6.07) is 15.1. The normalized spacial score (nSPS) is 16.1. The van der Waals surface area contributed by atoms with Crippen LogP contribution in [0.3, 0.4) is 0 Å². The van der Waals surface area contributed by atoms with Crippen molar-refractivity contribution < 1.29 is 0 Å². The van der Waals surface area contributed by atoms with E-state index in [1.54, 1.807) is 0 Å². The van der Waals surface area contributed by atoms with Crippen LogP contribution in [0.25, 0.3) is 16.5 Å². The molecule has 2 aliphatic heterocycles. The van der Waals surface area contributed by atoms with Gasteiger partial charge in [-0.3, -0.25) is 0 Å². The molecule has 0 amide bonds. The van der Waals surface area contributed by atoms with Crippen molar-refractivity contribution in [1.82, 2.24) is 10.3 Å². The summed E-state index contributed by atoms with van der Waals surface area (Å²) in [5, 5.41) is 4.73. The molecular formula is C25H31BN2. The smallest absolute Gasteiger partial charge is 0.198 e. The van der Waals surface area contributed by atoms with E-state index in [-0.39, 0.29) is 0 Å². The monoisotopic (exact) mass is 370 g/mol. The van der Waals surface area contributed by atoms with Crippen LogP contribution in [0.4, 0.5) is 0 Å². The molecule has 3 heterocycles. The van der Waals surface area contributed by atoms with Crippen LogP contribution in [0.2, 0.25) is 0 Å². The molecule has 2 N–H and O–H groups in total. The second kappa shape index (κ2) is 9.01. The standard InChI is InChI=1S/C14H16BN.C9H9N.C2H6/c1-10(2)12-5-3-4-11-8-14-15(6-7-16-14)9-13(11)12;1-7-2-3-8-4-5-10-9(8)6-7;1-2/h3-7,14,16H,1,8-9H2,2H3;2-6,10H,1H3;1-2H3. The Morgan fingerprint density at radius 3 is 2.75 bits per heavy atom. The maximum atomic E-state index is 4.09. The summed E-state index contributed by atoms with van der Waals surface area (Å²) in [4.78, 5) is 3.16. The van der Waals surface area contributed by atoms with Gasteiger partial charge in [-0.2, -0.15) is 0 Å². The average molecular weight is 370 g/mol. The predicted molar refractivity (Wildman–Crippen MR) is 125 cm³/mol. The van der Waals surface area contributed by atoms with E-state index < -0.39 is 0 Å². The number of rotatable bonds is 1. The molecule has 0 fully saturated rings. The van der Waals surface area contributed by atoms with Gasteiger partial charge in [-0.15, -0.1) is 0 Å². The molecule has 3 heteroatoms. The second-order valence-corrected chi connectivity index (χ2v) is 7.50. The van der Waals surface area contributed by atoms with Crippen molar-refractivity contribution in [3.8, 4) is 0 Å². The molecular weight excluding hydrogens is 339 g/mol. The zero-order valence-corrected chi connectivity index (χ0v) is 17.5. The summed E-state index contributed by atoms with van der Waals surface area (Å²) in [6.45, 7) is 13.0. The number of allylic oxidation sites excluding steroid dienone is 1. The minimum atomic E-state index is 0.618. The lowest BCUT2D eigenvalue weighted by Crippen LogP contribution is -2.42. The van der Waals surface area contributed by atoms with Crippen LogP contribution < -0.4 is 5.32 Å². The van der Waals surface area contributed by atoms with Gasteiger partial charge in [0.05, 0.1) is 0 Å². The molecule has 144 valence electrons. The number of hydrogen-bond donors (Lipinski definition) is 2. The average Bonchev–Trinajstić information content (AvgIpc) is 3.35. The Labute approximate surface area is 169 Å². The fourth-order valence-corrected chi connectivity index (χ4v) is 4.08. The summed E-state index contributed by atoms with van der Waals surface area (Å²) < 4.78 is 0. The van der Waals surface area contributed by atoms with Crippen LogP contribution >= 0.6 is 0 Å². The van der Waals surface area contributed by atoms with Crippen LogP contribution in [-0.4, -0.2) is 17.6 Å². The first-order valence-electron chi connectivity index (χ1n) is 10.3. The van der Waals surface area contributed by atoms with Crippen LogP contribution in [0.5, 0.6) is 0 Å². The summed E-state index contributed by atoms with van der Waals surface area (Å²) in [6.07, 6.45) is 6.38. The minimum absolute atomic E-state index is 0.618. The Bertz CT molecular complexity index is 983. The fourth-order valence-electron chi connectivity index (χ4n) is 4.08. The number of nitrogens with one attached hydrogen (secondary N) is 2. The molecule has 1 unspecified atom stereocenters. The summed E-state index contributed by atoms with van der Waals surface area (Å²) in [5.41, 5.74) is 8.08. The molecule has 2 nitrogen and oxygen atoms in total. The van der Waals surface area contributed by atoms with Crippen LogP contribution in [0.15, 0.2) is 67.4 Å². The molecule has 28 heavy (non-hydrogen) atoms. The van der Waals surface area contributed by atoms with Gasteiger partial charge in [-0.25, -0.2) is 0 Å². The van der Waals surface area contributed by atoms with Crippen molar-refractivity contribution in [2.24, 2.45) is 0 Å². The Morgan fingerprint density at radius 1 is 1.14 bits per heavy atom. The Morgan fingerprint density at radius 2 is 1.96 bits per heavy atom. The van der Waals surface area contributed by atoms with Crippen LogP contribution in [-0.2, 0) is 12.7 Å². The Balaban J connectivity index is 0.000000161. The van der Waals surface area contributed by atoms with E-state index in [0.717, 1.165) is 12.7 Å². The molecule has 2 aliphatic rings. The molecule has 5 rings (SSSR count). The number of hydrogen-bond acceptors (Lipinski definition) is 1. The van der Waals surface area contributed by atoms with E-state index in [9.17, 15) is 0 Å². The van der Waals surface area contributed by atoms with Gasteiger partial charge in [0, 0.05) is 17.7 Å². The molecule has 3 aromatic rings. The number of benzene rings is 2. The van der Waals surface area contributed by atoms with Gasteiger partial charge < -0.3 is 10.3 Å². The molecule has 0 bridgehead atoms. The van der Waals surface area contributed by atoms with Crippen molar-refractivity contribution >= 4 is 23.2 Å². The first-order valence-corrected chi connectivity index (χ1v) is 10.3. The summed E-state index contributed by atoms with van der Waals surface area (Å²) in [7, 11) is 0. The molecule has 0 radical (unpaired) electrons. The Kier molecular flexibility index (Phi) is 6.46. The highest BCUT2D eigenvalue weighted by Gasteiger charge is 2.32. The maximum Gasteiger partial charge on any atom is 0.198 e. The lowest BCUT2D eigenvalue weighted by atomic mass is 9.39.